The normalized spacial score (nSPS) is 16.8. The minimum absolute atomic E-state index is 0.0374. The number of esters is 1. The van der Waals surface area contributed by atoms with Crippen molar-refractivity contribution >= 4 is 17.8 Å². The van der Waals surface area contributed by atoms with E-state index >= 15 is 0 Å². The average Bonchev–Trinajstić information content (AvgIpc) is 3.20. The molecule has 0 aliphatic carbocycles. The van der Waals surface area contributed by atoms with Crippen molar-refractivity contribution in [3.8, 4) is 5.69 Å². The van der Waals surface area contributed by atoms with Gasteiger partial charge in [-0.2, -0.15) is 5.10 Å². The van der Waals surface area contributed by atoms with Crippen LogP contribution in [0, 0.1) is 12.8 Å². The van der Waals surface area contributed by atoms with Gasteiger partial charge in [0.25, 0.3) is 5.91 Å². The number of amides is 2. The summed E-state index contributed by atoms with van der Waals surface area (Å²) >= 11 is 0. The zero-order chi connectivity index (χ0) is 24.0. The van der Waals surface area contributed by atoms with Crippen LogP contribution in [0.15, 0.2) is 30.5 Å². The van der Waals surface area contributed by atoms with Crippen LogP contribution in [0.1, 0.15) is 72.9 Å². The lowest BCUT2D eigenvalue weighted by Crippen LogP contribution is -2.47. The second-order valence-corrected chi connectivity index (χ2v) is 8.61. The smallest absolute Gasteiger partial charge is 0.341 e. The monoisotopic (exact) mass is 454 g/mol. The van der Waals surface area contributed by atoms with Crippen molar-refractivity contribution in [1.82, 2.24) is 20.0 Å². The van der Waals surface area contributed by atoms with E-state index in [2.05, 4.69) is 17.3 Å². The van der Waals surface area contributed by atoms with E-state index in [9.17, 15) is 14.4 Å². The highest BCUT2D eigenvalue weighted by atomic mass is 16.5. The highest BCUT2D eigenvalue weighted by Crippen LogP contribution is 2.21. The summed E-state index contributed by atoms with van der Waals surface area (Å²) in [5, 5.41) is 7.37. The third-order valence-electron chi connectivity index (χ3n) is 6.05. The lowest BCUT2D eigenvalue weighted by atomic mass is 9.96. The molecule has 2 atom stereocenters. The summed E-state index contributed by atoms with van der Waals surface area (Å²) in [6.07, 6.45) is 5.08. The van der Waals surface area contributed by atoms with Crippen molar-refractivity contribution in [2.75, 3.05) is 19.7 Å². The van der Waals surface area contributed by atoms with Crippen LogP contribution in [-0.4, -0.2) is 58.2 Å². The number of likely N-dealkylation sites (tertiary alicyclic amines) is 1. The Morgan fingerprint density at radius 1 is 1.21 bits per heavy atom. The number of carbonyl (C=O) groups is 3. The summed E-state index contributed by atoms with van der Waals surface area (Å²) in [4.78, 5) is 39.5. The zero-order valence-electron chi connectivity index (χ0n) is 20.0. The van der Waals surface area contributed by atoms with Crippen molar-refractivity contribution in [3.63, 3.8) is 0 Å². The van der Waals surface area contributed by atoms with Gasteiger partial charge in [-0.3, -0.25) is 9.59 Å². The third kappa shape index (κ3) is 5.80. The number of hydrogen-bond donors (Lipinski definition) is 1. The number of hydrogen-bond acceptors (Lipinski definition) is 5. The first kappa shape index (κ1) is 24.5. The standard InChI is InChI=1S/C25H34N4O4/c1-5-8-17(3)27-23(30)20-9-7-14-28(16-20)24(31)19-10-12-21(13-11-19)29-18(4)22(15-26-29)25(32)33-6-2/h10-13,15,17,20H,5-9,14,16H2,1-4H3,(H,27,30)/t17-,20+/m0/s1. The Balaban J connectivity index is 1.67. The SMILES string of the molecule is CCC[C@H](C)NC(=O)[C@@H]1CCCN(C(=O)c2ccc(-n3ncc(C(=O)OCC)c3C)cc2)C1. The lowest BCUT2D eigenvalue weighted by molar-refractivity contribution is -0.127. The van der Waals surface area contributed by atoms with E-state index in [-0.39, 0.29) is 23.8 Å². The summed E-state index contributed by atoms with van der Waals surface area (Å²) in [7, 11) is 0. The maximum atomic E-state index is 13.1. The second-order valence-electron chi connectivity index (χ2n) is 8.61. The fourth-order valence-corrected chi connectivity index (χ4v) is 4.25. The van der Waals surface area contributed by atoms with Crippen LogP contribution < -0.4 is 5.32 Å². The molecule has 1 aromatic heterocycles. The Hall–Kier alpha value is -3.16. The van der Waals surface area contributed by atoms with Gasteiger partial charge in [0.05, 0.1) is 30.1 Å². The average molecular weight is 455 g/mol. The molecule has 1 N–H and O–H groups in total. The molecule has 178 valence electrons. The molecule has 1 aliphatic heterocycles. The third-order valence-corrected chi connectivity index (χ3v) is 6.05. The molecule has 1 aromatic carbocycles. The fraction of sp³-hybridized carbons (Fsp3) is 0.520. The number of carbonyl (C=O) groups excluding carboxylic acids is 3. The first-order valence-corrected chi connectivity index (χ1v) is 11.8. The van der Waals surface area contributed by atoms with Gasteiger partial charge in [-0.05, 0) is 64.3 Å². The van der Waals surface area contributed by atoms with Crippen LogP contribution >= 0.6 is 0 Å². The molecule has 0 saturated carbocycles. The van der Waals surface area contributed by atoms with Crippen LogP contribution in [0.2, 0.25) is 0 Å². The molecule has 33 heavy (non-hydrogen) atoms. The summed E-state index contributed by atoms with van der Waals surface area (Å²) in [5.41, 5.74) is 2.41. The Bertz CT molecular complexity index is 983. The van der Waals surface area contributed by atoms with Crippen molar-refractivity contribution in [3.05, 3.63) is 47.3 Å². The molecule has 1 fully saturated rings. The number of rotatable bonds is 8. The van der Waals surface area contributed by atoms with Crippen LogP contribution in [0.25, 0.3) is 5.69 Å². The van der Waals surface area contributed by atoms with Gasteiger partial charge in [0.15, 0.2) is 0 Å². The van der Waals surface area contributed by atoms with Crippen molar-refractivity contribution in [1.29, 1.82) is 0 Å². The maximum absolute atomic E-state index is 13.1. The second kappa shape index (κ2) is 11.1. The van der Waals surface area contributed by atoms with Crippen molar-refractivity contribution in [2.45, 2.75) is 59.4 Å². The molecule has 2 amide bonds. The maximum Gasteiger partial charge on any atom is 0.341 e. The van der Waals surface area contributed by atoms with Gasteiger partial charge in [-0.1, -0.05) is 13.3 Å². The van der Waals surface area contributed by atoms with Crippen LogP contribution in [0.4, 0.5) is 0 Å². The molecule has 8 heteroatoms. The molecule has 0 radical (unpaired) electrons. The van der Waals surface area contributed by atoms with E-state index in [0.717, 1.165) is 31.4 Å². The molecule has 0 unspecified atom stereocenters. The predicted molar refractivity (Wildman–Crippen MR) is 125 cm³/mol. The van der Waals surface area contributed by atoms with Crippen molar-refractivity contribution in [2.24, 2.45) is 5.92 Å². The molecule has 2 heterocycles. The lowest BCUT2D eigenvalue weighted by Gasteiger charge is -2.32. The quantitative estimate of drug-likeness (QED) is 0.616. The van der Waals surface area contributed by atoms with Crippen LogP contribution in [0.5, 0.6) is 0 Å². The number of nitrogens with one attached hydrogen (secondary N) is 1. The highest BCUT2D eigenvalue weighted by molar-refractivity contribution is 5.95. The Morgan fingerprint density at radius 3 is 2.61 bits per heavy atom. The molecular weight excluding hydrogens is 420 g/mol. The minimum atomic E-state index is -0.402. The fourth-order valence-electron chi connectivity index (χ4n) is 4.25. The van der Waals surface area contributed by atoms with Gasteiger partial charge >= 0.3 is 5.97 Å². The number of piperidine rings is 1. The molecule has 0 bridgehead atoms. The van der Waals surface area contributed by atoms with Crippen LogP contribution in [0.3, 0.4) is 0 Å². The van der Waals surface area contributed by atoms with E-state index in [0.29, 0.717) is 36.5 Å². The molecule has 0 spiro atoms. The summed E-state index contributed by atoms with van der Waals surface area (Å²) in [6, 6.07) is 7.29. The number of nitrogens with zero attached hydrogens (tertiary/aromatic N) is 3. The topological polar surface area (TPSA) is 93.5 Å². The van der Waals surface area contributed by atoms with Gasteiger partial charge in [0.1, 0.15) is 5.56 Å². The first-order chi connectivity index (χ1) is 15.8. The molecule has 3 rings (SSSR count). The Morgan fingerprint density at radius 2 is 1.94 bits per heavy atom. The molecular formula is C25H34N4O4. The van der Waals surface area contributed by atoms with Gasteiger partial charge < -0.3 is 15.0 Å². The van der Waals surface area contributed by atoms with E-state index < -0.39 is 5.97 Å². The van der Waals surface area contributed by atoms with Gasteiger partial charge in [0, 0.05) is 24.7 Å². The number of benzene rings is 1. The minimum Gasteiger partial charge on any atom is -0.462 e. The van der Waals surface area contributed by atoms with Crippen LogP contribution in [-0.2, 0) is 9.53 Å². The first-order valence-electron chi connectivity index (χ1n) is 11.8. The molecule has 2 aromatic rings. The van der Waals surface area contributed by atoms with Gasteiger partial charge in [-0.15, -0.1) is 0 Å². The van der Waals surface area contributed by atoms with E-state index in [4.69, 9.17) is 4.74 Å². The highest BCUT2D eigenvalue weighted by Gasteiger charge is 2.29. The van der Waals surface area contributed by atoms with E-state index in [1.54, 1.807) is 35.6 Å². The number of aromatic nitrogens is 2. The van der Waals surface area contributed by atoms with Gasteiger partial charge in [-0.25, -0.2) is 9.48 Å². The molecule has 1 saturated heterocycles. The largest absolute Gasteiger partial charge is 0.462 e. The van der Waals surface area contributed by atoms with Crippen molar-refractivity contribution < 1.29 is 19.1 Å². The summed E-state index contributed by atoms with van der Waals surface area (Å²) in [5.74, 6) is -0.615. The zero-order valence-corrected chi connectivity index (χ0v) is 20.0. The summed E-state index contributed by atoms with van der Waals surface area (Å²) in [6.45, 7) is 9.07. The molecule has 1 aliphatic rings. The summed E-state index contributed by atoms with van der Waals surface area (Å²) < 4.78 is 6.72. The predicted octanol–water partition coefficient (Wildman–Crippen LogP) is 3.51. The van der Waals surface area contributed by atoms with Gasteiger partial charge in [0.2, 0.25) is 5.91 Å². The Kier molecular flexibility index (Phi) is 8.25. The number of ether oxygens (including phenoxy) is 1. The van der Waals surface area contributed by atoms with E-state index in [1.165, 1.54) is 6.20 Å². The van der Waals surface area contributed by atoms with E-state index in [1.807, 2.05) is 19.1 Å². The molecule has 8 nitrogen and oxygen atoms in total. The Labute approximate surface area is 195 Å².